The highest BCUT2D eigenvalue weighted by atomic mass is 16.5. The molecule has 0 radical (unpaired) electrons. The van der Waals surface area contributed by atoms with Crippen molar-refractivity contribution >= 4 is 5.69 Å². The summed E-state index contributed by atoms with van der Waals surface area (Å²) in [7, 11) is 0. The van der Waals surface area contributed by atoms with Gasteiger partial charge >= 0.3 is 0 Å². The van der Waals surface area contributed by atoms with E-state index in [-0.39, 0.29) is 6.61 Å². The number of nitrogens with one attached hydrogen (secondary N) is 1. The summed E-state index contributed by atoms with van der Waals surface area (Å²) in [5.74, 6) is 0.692. The van der Waals surface area contributed by atoms with E-state index >= 15 is 0 Å². The van der Waals surface area contributed by atoms with Crippen LogP contribution in [0.1, 0.15) is 11.1 Å². The molecule has 0 unspecified atom stereocenters. The molecule has 0 aliphatic rings. The van der Waals surface area contributed by atoms with Crippen molar-refractivity contribution in [2.24, 2.45) is 0 Å². The fourth-order valence-electron chi connectivity index (χ4n) is 2.34. The van der Waals surface area contributed by atoms with E-state index in [9.17, 15) is 0 Å². The highest BCUT2D eigenvalue weighted by molar-refractivity contribution is 5.46. The van der Waals surface area contributed by atoms with Crippen molar-refractivity contribution in [3.63, 3.8) is 0 Å². The van der Waals surface area contributed by atoms with Crippen molar-refractivity contribution in [2.45, 2.75) is 13.1 Å². The second-order valence-electron chi connectivity index (χ2n) is 5.36. The number of anilines is 1. The Kier molecular flexibility index (Phi) is 5.10. The maximum absolute atomic E-state index is 8.49. The van der Waals surface area contributed by atoms with Crippen LogP contribution in [-0.4, -0.2) is 16.4 Å². The molecule has 0 atom stereocenters. The van der Waals surface area contributed by atoms with Gasteiger partial charge in [-0.15, -0.1) is 0 Å². The Morgan fingerprint density at radius 2 is 1.83 bits per heavy atom. The lowest BCUT2D eigenvalue weighted by Crippen LogP contribution is -2.00. The molecule has 5 nitrogen and oxygen atoms in total. The first-order valence-electron chi connectivity index (χ1n) is 7.72. The van der Waals surface area contributed by atoms with Crippen LogP contribution in [-0.2, 0) is 13.1 Å². The number of ether oxygens (including phenoxy) is 1. The largest absolute Gasteiger partial charge is 0.479 e. The van der Waals surface area contributed by atoms with Gasteiger partial charge in [0.2, 0.25) is 0 Å². The molecule has 3 aromatic rings. The van der Waals surface area contributed by atoms with Gasteiger partial charge in [-0.25, -0.2) is 0 Å². The second kappa shape index (κ2) is 7.84. The van der Waals surface area contributed by atoms with E-state index in [1.807, 2.05) is 65.6 Å². The zero-order valence-electron chi connectivity index (χ0n) is 13.2. The van der Waals surface area contributed by atoms with E-state index in [0.717, 1.165) is 17.8 Å². The van der Waals surface area contributed by atoms with Crippen LogP contribution in [0.5, 0.6) is 5.75 Å². The van der Waals surface area contributed by atoms with Gasteiger partial charge < -0.3 is 10.1 Å². The summed E-state index contributed by atoms with van der Waals surface area (Å²) in [5.41, 5.74) is 3.35. The van der Waals surface area contributed by atoms with Crippen molar-refractivity contribution in [1.29, 1.82) is 5.26 Å². The summed E-state index contributed by atoms with van der Waals surface area (Å²) in [5, 5.41) is 16.2. The summed E-state index contributed by atoms with van der Waals surface area (Å²) in [6, 6.07) is 19.8. The molecular formula is C19H18N4O. The molecular weight excluding hydrogens is 300 g/mol. The lowest BCUT2D eigenvalue weighted by Gasteiger charge is -2.06. The molecule has 0 saturated carbocycles. The Bertz CT molecular complexity index is 803. The van der Waals surface area contributed by atoms with E-state index in [1.165, 1.54) is 5.56 Å². The Hall–Kier alpha value is -3.26. The number of rotatable bonds is 7. The van der Waals surface area contributed by atoms with Crippen molar-refractivity contribution in [3.8, 4) is 11.8 Å². The van der Waals surface area contributed by atoms with E-state index in [4.69, 9.17) is 10.00 Å². The minimum absolute atomic E-state index is 0.0629. The number of nitriles is 1. The van der Waals surface area contributed by atoms with E-state index < -0.39 is 0 Å². The van der Waals surface area contributed by atoms with Crippen LogP contribution in [0.2, 0.25) is 0 Å². The first-order valence-corrected chi connectivity index (χ1v) is 7.72. The standard InChI is InChI=1S/C19H18N4O/c20-10-11-24-19-8-6-18(7-9-19)21-12-17-13-22-23(15-17)14-16-4-2-1-3-5-16/h1-9,13,15,21H,11-12,14H2. The summed E-state index contributed by atoms with van der Waals surface area (Å²) in [6.07, 6.45) is 3.92. The van der Waals surface area contributed by atoms with Crippen LogP contribution in [0.3, 0.4) is 0 Å². The molecule has 2 aromatic carbocycles. The van der Waals surface area contributed by atoms with E-state index in [2.05, 4.69) is 22.5 Å². The third kappa shape index (κ3) is 4.37. The van der Waals surface area contributed by atoms with Gasteiger partial charge in [-0.2, -0.15) is 10.4 Å². The third-order valence-electron chi connectivity index (χ3n) is 3.53. The van der Waals surface area contributed by atoms with Crippen LogP contribution >= 0.6 is 0 Å². The Balaban J connectivity index is 1.53. The monoisotopic (exact) mass is 318 g/mol. The number of aromatic nitrogens is 2. The van der Waals surface area contributed by atoms with Gasteiger partial charge in [0.15, 0.2) is 6.61 Å². The molecule has 1 heterocycles. The van der Waals surface area contributed by atoms with E-state index in [1.54, 1.807) is 0 Å². The number of benzene rings is 2. The average molecular weight is 318 g/mol. The number of nitrogens with zero attached hydrogens (tertiary/aromatic N) is 3. The Labute approximate surface area is 141 Å². The van der Waals surface area contributed by atoms with Crippen LogP contribution in [0.25, 0.3) is 0 Å². The lowest BCUT2D eigenvalue weighted by molar-refractivity contribution is 0.368. The highest BCUT2D eigenvalue weighted by Gasteiger charge is 2.01. The molecule has 0 aliphatic carbocycles. The van der Waals surface area contributed by atoms with Crippen molar-refractivity contribution < 1.29 is 4.74 Å². The number of hydrogen-bond donors (Lipinski definition) is 1. The molecule has 0 bridgehead atoms. The predicted molar refractivity (Wildman–Crippen MR) is 92.6 cm³/mol. The van der Waals surface area contributed by atoms with Gasteiger partial charge in [-0.1, -0.05) is 30.3 Å². The molecule has 1 N–H and O–H groups in total. The summed E-state index contributed by atoms with van der Waals surface area (Å²) in [4.78, 5) is 0. The van der Waals surface area contributed by atoms with Crippen LogP contribution in [0.4, 0.5) is 5.69 Å². The highest BCUT2D eigenvalue weighted by Crippen LogP contribution is 2.16. The molecule has 0 spiro atoms. The minimum atomic E-state index is 0.0629. The first kappa shape index (κ1) is 15.6. The summed E-state index contributed by atoms with van der Waals surface area (Å²) >= 11 is 0. The van der Waals surface area contributed by atoms with Crippen molar-refractivity contribution in [3.05, 3.63) is 78.1 Å². The van der Waals surface area contributed by atoms with Gasteiger partial charge in [0.1, 0.15) is 11.8 Å². The molecule has 5 heteroatoms. The maximum Gasteiger partial charge on any atom is 0.174 e. The summed E-state index contributed by atoms with van der Waals surface area (Å²) < 4.78 is 7.17. The summed E-state index contributed by atoms with van der Waals surface area (Å²) in [6.45, 7) is 1.53. The van der Waals surface area contributed by atoms with Crippen LogP contribution < -0.4 is 10.1 Å². The van der Waals surface area contributed by atoms with Crippen molar-refractivity contribution in [1.82, 2.24) is 9.78 Å². The lowest BCUT2D eigenvalue weighted by atomic mass is 10.2. The first-order chi connectivity index (χ1) is 11.8. The van der Waals surface area contributed by atoms with Gasteiger partial charge in [-0.05, 0) is 29.8 Å². The molecule has 1 aromatic heterocycles. The van der Waals surface area contributed by atoms with Gasteiger partial charge in [-0.3, -0.25) is 4.68 Å². The predicted octanol–water partition coefficient (Wildman–Crippen LogP) is 3.45. The molecule has 3 rings (SSSR count). The molecule has 0 saturated heterocycles. The third-order valence-corrected chi connectivity index (χ3v) is 3.53. The van der Waals surface area contributed by atoms with Gasteiger partial charge in [0.25, 0.3) is 0 Å². The molecule has 0 amide bonds. The van der Waals surface area contributed by atoms with E-state index in [0.29, 0.717) is 12.3 Å². The van der Waals surface area contributed by atoms with Gasteiger partial charge in [0.05, 0.1) is 12.7 Å². The zero-order valence-corrected chi connectivity index (χ0v) is 13.2. The van der Waals surface area contributed by atoms with Crippen LogP contribution in [0, 0.1) is 11.3 Å². The quantitative estimate of drug-likeness (QED) is 0.725. The van der Waals surface area contributed by atoms with Crippen molar-refractivity contribution in [2.75, 3.05) is 11.9 Å². The fourth-order valence-corrected chi connectivity index (χ4v) is 2.34. The SMILES string of the molecule is N#CCOc1ccc(NCc2cnn(Cc3ccccc3)c2)cc1. The van der Waals surface area contributed by atoms with Gasteiger partial charge in [0, 0.05) is 24.0 Å². The molecule has 24 heavy (non-hydrogen) atoms. The minimum Gasteiger partial charge on any atom is -0.479 e. The molecule has 120 valence electrons. The number of hydrogen-bond acceptors (Lipinski definition) is 4. The molecule has 0 fully saturated rings. The Morgan fingerprint density at radius 1 is 1.04 bits per heavy atom. The zero-order chi connectivity index (χ0) is 16.6. The topological polar surface area (TPSA) is 62.9 Å². The average Bonchev–Trinajstić information content (AvgIpc) is 3.07. The Morgan fingerprint density at radius 3 is 2.58 bits per heavy atom. The second-order valence-corrected chi connectivity index (χ2v) is 5.36. The fraction of sp³-hybridized carbons (Fsp3) is 0.158. The molecule has 0 aliphatic heterocycles. The van der Waals surface area contributed by atoms with Crippen LogP contribution in [0.15, 0.2) is 67.0 Å². The normalized spacial score (nSPS) is 10.1. The smallest absolute Gasteiger partial charge is 0.174 e. The maximum atomic E-state index is 8.49.